The van der Waals surface area contributed by atoms with Gasteiger partial charge in [0.05, 0.1) is 25.4 Å². The molecule has 2 aliphatic heterocycles. The van der Waals surface area contributed by atoms with Crippen LogP contribution in [0.3, 0.4) is 0 Å². The maximum atomic E-state index is 12.0. The zero-order valence-electron chi connectivity index (χ0n) is 11.9. The molecule has 6 heteroatoms. The van der Waals surface area contributed by atoms with Crippen LogP contribution in [0.15, 0.2) is 24.5 Å². The summed E-state index contributed by atoms with van der Waals surface area (Å²) in [5.74, 6) is 0.582. The van der Waals surface area contributed by atoms with Crippen molar-refractivity contribution in [3.05, 3.63) is 30.1 Å². The highest BCUT2D eigenvalue weighted by molar-refractivity contribution is 5.96. The molecule has 21 heavy (non-hydrogen) atoms. The van der Waals surface area contributed by atoms with Crippen LogP contribution in [0.25, 0.3) is 5.65 Å². The van der Waals surface area contributed by atoms with E-state index in [9.17, 15) is 4.79 Å². The van der Waals surface area contributed by atoms with E-state index in [0.717, 1.165) is 25.4 Å². The topological polar surface area (TPSA) is 56.1 Å². The summed E-state index contributed by atoms with van der Waals surface area (Å²) >= 11 is 0. The first-order chi connectivity index (χ1) is 10.3. The minimum absolute atomic E-state index is 0.323. The number of morpholine rings is 1. The van der Waals surface area contributed by atoms with Crippen molar-refractivity contribution in [3.8, 4) is 0 Å². The highest BCUT2D eigenvalue weighted by Crippen LogP contribution is 2.31. The van der Waals surface area contributed by atoms with Crippen molar-refractivity contribution in [2.45, 2.75) is 25.5 Å². The van der Waals surface area contributed by atoms with Gasteiger partial charge in [-0.2, -0.15) is 0 Å². The molecule has 0 amide bonds. The van der Waals surface area contributed by atoms with Crippen molar-refractivity contribution < 1.29 is 14.3 Å². The van der Waals surface area contributed by atoms with Gasteiger partial charge in [0.15, 0.2) is 5.65 Å². The molecule has 2 aromatic heterocycles. The van der Waals surface area contributed by atoms with E-state index in [1.807, 2.05) is 22.9 Å². The second-order valence-corrected chi connectivity index (χ2v) is 5.46. The molecule has 2 bridgehead atoms. The van der Waals surface area contributed by atoms with Crippen LogP contribution in [0.4, 0.5) is 5.82 Å². The van der Waals surface area contributed by atoms with Gasteiger partial charge in [-0.3, -0.25) is 0 Å². The Balaban J connectivity index is 1.71. The smallest absolute Gasteiger partial charge is 0.341 e. The molecule has 0 aromatic carbocycles. The minimum Gasteiger partial charge on any atom is -0.462 e. The molecule has 2 aliphatic rings. The molecule has 2 fully saturated rings. The Kier molecular flexibility index (Phi) is 2.85. The van der Waals surface area contributed by atoms with Crippen LogP contribution in [0, 0.1) is 0 Å². The van der Waals surface area contributed by atoms with Gasteiger partial charge in [0.25, 0.3) is 0 Å². The quantitative estimate of drug-likeness (QED) is 0.801. The molecule has 6 nitrogen and oxygen atoms in total. The number of hydrogen-bond donors (Lipinski definition) is 0. The van der Waals surface area contributed by atoms with Gasteiger partial charge in [0.1, 0.15) is 11.4 Å². The van der Waals surface area contributed by atoms with Crippen molar-refractivity contribution in [2.75, 3.05) is 24.7 Å². The highest BCUT2D eigenvalue weighted by Gasteiger charge is 2.39. The monoisotopic (exact) mass is 287 g/mol. The summed E-state index contributed by atoms with van der Waals surface area (Å²) in [7, 11) is 0. The van der Waals surface area contributed by atoms with Gasteiger partial charge in [-0.15, -0.1) is 0 Å². The van der Waals surface area contributed by atoms with Gasteiger partial charge in [-0.25, -0.2) is 9.78 Å². The fraction of sp³-hybridized carbons (Fsp3) is 0.467. The molecule has 0 saturated carbocycles. The Labute approximate surface area is 122 Å². The second kappa shape index (κ2) is 4.73. The number of esters is 1. The Morgan fingerprint density at radius 2 is 2.33 bits per heavy atom. The number of hydrogen-bond acceptors (Lipinski definition) is 5. The fourth-order valence-corrected chi connectivity index (χ4v) is 3.18. The van der Waals surface area contributed by atoms with Gasteiger partial charge >= 0.3 is 5.97 Å². The first-order valence-electron chi connectivity index (χ1n) is 7.29. The maximum Gasteiger partial charge on any atom is 0.341 e. The Bertz CT molecular complexity index is 697. The number of carbonyl (C=O) groups is 1. The lowest BCUT2D eigenvalue weighted by Crippen LogP contribution is -2.37. The lowest BCUT2D eigenvalue weighted by molar-refractivity contribution is 0.0528. The van der Waals surface area contributed by atoms with Gasteiger partial charge < -0.3 is 18.8 Å². The van der Waals surface area contributed by atoms with Crippen LogP contribution < -0.4 is 4.90 Å². The summed E-state index contributed by atoms with van der Waals surface area (Å²) < 4.78 is 12.6. The van der Waals surface area contributed by atoms with Crippen LogP contribution in [0.5, 0.6) is 0 Å². The SMILES string of the molecule is CCOC(=O)c1ccn2ccc(N3C[C@@H]4CC3CO4)nc12. The molecule has 0 radical (unpaired) electrons. The summed E-state index contributed by atoms with van der Waals surface area (Å²) in [6.07, 6.45) is 5.16. The predicted molar refractivity (Wildman–Crippen MR) is 76.6 cm³/mol. The number of rotatable bonds is 3. The lowest BCUT2D eigenvalue weighted by atomic mass is 10.2. The fourth-order valence-electron chi connectivity index (χ4n) is 3.18. The summed E-state index contributed by atoms with van der Waals surface area (Å²) in [5.41, 5.74) is 1.16. The van der Waals surface area contributed by atoms with E-state index in [4.69, 9.17) is 9.47 Å². The van der Waals surface area contributed by atoms with Crippen molar-refractivity contribution in [2.24, 2.45) is 0 Å². The predicted octanol–water partition coefficient (Wildman–Crippen LogP) is 1.49. The highest BCUT2D eigenvalue weighted by atomic mass is 16.5. The van der Waals surface area contributed by atoms with Crippen LogP contribution in [-0.2, 0) is 9.47 Å². The molecule has 2 atom stereocenters. The van der Waals surface area contributed by atoms with E-state index in [1.54, 1.807) is 13.0 Å². The van der Waals surface area contributed by atoms with E-state index >= 15 is 0 Å². The van der Waals surface area contributed by atoms with Gasteiger partial charge in [-0.05, 0) is 25.5 Å². The summed E-state index contributed by atoms with van der Waals surface area (Å²) in [5, 5.41) is 0. The molecule has 0 N–H and O–H groups in total. The number of carbonyl (C=O) groups excluding carboxylic acids is 1. The first kappa shape index (κ1) is 12.6. The van der Waals surface area contributed by atoms with Crippen molar-refractivity contribution in [3.63, 3.8) is 0 Å². The Hall–Kier alpha value is -2.08. The van der Waals surface area contributed by atoms with E-state index < -0.39 is 0 Å². The molecule has 2 aromatic rings. The van der Waals surface area contributed by atoms with Gasteiger partial charge in [-0.1, -0.05) is 0 Å². The minimum atomic E-state index is -0.323. The third-order valence-electron chi connectivity index (χ3n) is 4.18. The van der Waals surface area contributed by atoms with Gasteiger partial charge in [0, 0.05) is 18.9 Å². The van der Waals surface area contributed by atoms with Crippen LogP contribution in [0.1, 0.15) is 23.7 Å². The van der Waals surface area contributed by atoms with E-state index in [-0.39, 0.29) is 5.97 Å². The van der Waals surface area contributed by atoms with Crippen molar-refractivity contribution in [1.29, 1.82) is 0 Å². The number of ether oxygens (including phenoxy) is 2. The summed E-state index contributed by atoms with van der Waals surface area (Å²) in [6.45, 7) is 3.81. The molecule has 4 heterocycles. The molecule has 1 unspecified atom stereocenters. The first-order valence-corrected chi connectivity index (χ1v) is 7.29. The maximum absolute atomic E-state index is 12.0. The molecule has 4 rings (SSSR count). The third kappa shape index (κ3) is 1.98. The molecule has 2 saturated heterocycles. The largest absolute Gasteiger partial charge is 0.462 e. The number of nitrogens with zero attached hydrogens (tertiary/aromatic N) is 3. The molecular formula is C15H17N3O3. The summed E-state index contributed by atoms with van der Waals surface area (Å²) in [4.78, 5) is 18.9. The molecular weight excluding hydrogens is 270 g/mol. The number of anilines is 1. The van der Waals surface area contributed by atoms with E-state index in [2.05, 4.69) is 9.88 Å². The van der Waals surface area contributed by atoms with Crippen LogP contribution in [0.2, 0.25) is 0 Å². The average molecular weight is 287 g/mol. The van der Waals surface area contributed by atoms with Crippen LogP contribution >= 0.6 is 0 Å². The molecule has 0 aliphatic carbocycles. The molecule has 0 spiro atoms. The van der Waals surface area contributed by atoms with Gasteiger partial charge in [0.2, 0.25) is 0 Å². The number of fused-ring (bicyclic) bond motifs is 3. The van der Waals surface area contributed by atoms with Crippen molar-refractivity contribution >= 4 is 17.4 Å². The molecule has 110 valence electrons. The normalized spacial score (nSPS) is 24.0. The second-order valence-electron chi connectivity index (χ2n) is 5.46. The zero-order chi connectivity index (χ0) is 14.4. The average Bonchev–Trinajstić information content (AvgIpc) is 3.21. The third-order valence-corrected chi connectivity index (χ3v) is 4.18. The lowest BCUT2D eigenvalue weighted by Gasteiger charge is -2.27. The van der Waals surface area contributed by atoms with Crippen molar-refractivity contribution in [1.82, 2.24) is 9.38 Å². The van der Waals surface area contributed by atoms with E-state index in [1.165, 1.54) is 0 Å². The summed E-state index contributed by atoms with van der Waals surface area (Å²) in [6, 6.07) is 4.15. The van der Waals surface area contributed by atoms with E-state index in [0.29, 0.717) is 30.0 Å². The van der Waals surface area contributed by atoms with Crippen LogP contribution in [-0.4, -0.2) is 47.3 Å². The zero-order valence-corrected chi connectivity index (χ0v) is 11.9. The number of aromatic nitrogens is 2. The Morgan fingerprint density at radius 1 is 1.48 bits per heavy atom. The standard InChI is InChI=1S/C15H17N3O3/c1-2-20-15(19)12-3-5-17-6-4-13(16-14(12)17)18-8-11-7-10(18)9-21-11/h3-6,10-11H,2,7-9H2,1H3/t10?,11-/m0/s1. The Morgan fingerprint density at radius 3 is 3.05 bits per heavy atom.